The highest BCUT2D eigenvalue weighted by Gasteiger charge is 2.31. The maximum absolute atomic E-state index is 15.7. The van der Waals surface area contributed by atoms with Gasteiger partial charge in [0.2, 0.25) is 21.9 Å². The first-order chi connectivity index (χ1) is 24.1. The van der Waals surface area contributed by atoms with Gasteiger partial charge in [-0.2, -0.15) is 5.10 Å². The number of fused-ring (bicyclic) bond motifs is 1. The van der Waals surface area contributed by atoms with Gasteiger partial charge in [-0.1, -0.05) is 23.7 Å². The number of hydrogen-bond donors (Lipinski definition) is 1. The number of aryl methyl sites for hydroxylation is 2. The van der Waals surface area contributed by atoms with E-state index in [4.69, 9.17) is 26.1 Å². The summed E-state index contributed by atoms with van der Waals surface area (Å²) in [4.78, 5) is 28.1. The third-order valence-electron chi connectivity index (χ3n) is 8.07. The number of hydrogen-bond acceptors (Lipinski definition) is 10. The summed E-state index contributed by atoms with van der Waals surface area (Å²) in [6, 6.07) is 11.2. The lowest BCUT2D eigenvalue weighted by molar-refractivity contribution is 0.0206. The summed E-state index contributed by atoms with van der Waals surface area (Å²) in [7, 11) is -2.53. The van der Waals surface area contributed by atoms with Gasteiger partial charge in [0.15, 0.2) is 5.82 Å². The summed E-state index contributed by atoms with van der Waals surface area (Å²) >= 11 is 6.36. The second-order valence-corrected chi connectivity index (χ2v) is 15.6. The molecule has 0 unspecified atom stereocenters. The van der Waals surface area contributed by atoms with Gasteiger partial charge in [-0.15, -0.1) is 0 Å². The molecular weight excluding hydrogens is 699 g/mol. The minimum atomic E-state index is -4.11. The molecule has 1 saturated heterocycles. The molecule has 0 radical (unpaired) electrons. The second-order valence-electron chi connectivity index (χ2n) is 13.3. The average molecular weight is 737 g/mol. The molecule has 4 heterocycles. The van der Waals surface area contributed by atoms with Crippen LogP contribution in [0.5, 0.6) is 11.6 Å². The van der Waals surface area contributed by atoms with Gasteiger partial charge in [-0.05, 0) is 76.4 Å². The number of ether oxygens (including phenoxy) is 2. The van der Waals surface area contributed by atoms with Crippen LogP contribution < -0.4 is 14.4 Å². The van der Waals surface area contributed by atoms with Crippen molar-refractivity contribution in [2.75, 3.05) is 29.0 Å². The topological polar surface area (TPSA) is 145 Å². The highest BCUT2D eigenvalue weighted by molar-refractivity contribution is 7.92. The van der Waals surface area contributed by atoms with Crippen LogP contribution in [0, 0.1) is 12.7 Å². The van der Waals surface area contributed by atoms with Crippen molar-refractivity contribution in [3.05, 3.63) is 77.5 Å². The Kier molecular flexibility index (Phi) is 9.79. The fraction of sp³-hybridized carbons (Fsp3) is 0.343. The van der Waals surface area contributed by atoms with Gasteiger partial charge in [0.1, 0.15) is 27.9 Å². The van der Waals surface area contributed by atoms with Gasteiger partial charge in [-0.3, -0.25) is 4.68 Å². The Balaban J connectivity index is 1.33. The van der Waals surface area contributed by atoms with E-state index in [9.17, 15) is 13.2 Å². The number of rotatable bonds is 8. The summed E-state index contributed by atoms with van der Waals surface area (Å²) in [5.41, 5.74) is 0.926. The normalized spacial score (nSPS) is 15.1. The van der Waals surface area contributed by atoms with Crippen LogP contribution in [0.4, 0.5) is 26.6 Å². The van der Waals surface area contributed by atoms with Gasteiger partial charge in [0.05, 0.1) is 17.5 Å². The van der Waals surface area contributed by atoms with Gasteiger partial charge >= 0.3 is 6.09 Å². The molecule has 1 fully saturated rings. The Morgan fingerprint density at radius 1 is 1.10 bits per heavy atom. The van der Waals surface area contributed by atoms with Crippen molar-refractivity contribution in [3.63, 3.8) is 0 Å². The predicted molar refractivity (Wildman–Crippen MR) is 194 cm³/mol. The lowest BCUT2D eigenvalue weighted by Crippen LogP contribution is -2.47. The SMILES string of the molecule is Cc1ccc2c(N(c3nn(C)cc3Cl)S(C)(=O)=O)c(F)ccc2c1Oc1ncccc1-c1ccnc(N[C@H]2CCCN(C(=O)OC(C)(C)C)C2)n1. The number of nitrogens with one attached hydrogen (secondary N) is 1. The Bertz CT molecular complexity index is 2230. The smallest absolute Gasteiger partial charge is 0.410 e. The third-order valence-corrected chi connectivity index (χ3v) is 9.36. The lowest BCUT2D eigenvalue weighted by atomic mass is 10.0. The first-order valence-electron chi connectivity index (χ1n) is 16.2. The van der Waals surface area contributed by atoms with Crippen LogP contribution in [0.2, 0.25) is 5.02 Å². The van der Waals surface area contributed by atoms with Crippen molar-refractivity contribution in [1.29, 1.82) is 0 Å². The molecule has 1 aliphatic rings. The van der Waals surface area contributed by atoms with Crippen LogP contribution in [0.15, 0.2) is 61.1 Å². The van der Waals surface area contributed by atoms with Crippen LogP contribution in [-0.2, 0) is 21.8 Å². The van der Waals surface area contributed by atoms with E-state index in [2.05, 4.69) is 20.4 Å². The predicted octanol–water partition coefficient (Wildman–Crippen LogP) is 7.23. The Morgan fingerprint density at radius 3 is 2.57 bits per heavy atom. The first-order valence-corrected chi connectivity index (χ1v) is 18.4. The standard InChI is InChI=1S/C35H38ClFN8O5S/c1-21-11-12-23-24(13-14-27(37)29(23)45(51(6,47)48)31-26(36)20-43(5)42-31)30(21)49-32-25(10-7-16-38-32)28-15-17-39-33(41-28)40-22-9-8-18-44(19-22)34(46)50-35(2,3)4/h7,10-17,20,22H,8-9,18-19H2,1-6H3,(H,39,40,41)/t22-/m0/s1. The molecule has 5 aromatic rings. The molecule has 16 heteroatoms. The molecule has 0 spiro atoms. The number of sulfonamides is 1. The zero-order chi connectivity index (χ0) is 36.7. The molecule has 0 bridgehead atoms. The fourth-order valence-electron chi connectivity index (χ4n) is 5.91. The molecule has 2 aromatic carbocycles. The molecule has 1 amide bonds. The number of pyridine rings is 1. The minimum absolute atomic E-state index is 0.0311. The van der Waals surface area contributed by atoms with E-state index in [1.54, 1.807) is 54.7 Å². The van der Waals surface area contributed by atoms with E-state index >= 15 is 4.39 Å². The van der Waals surface area contributed by atoms with Crippen molar-refractivity contribution in [2.24, 2.45) is 7.05 Å². The van der Waals surface area contributed by atoms with Gasteiger partial charge in [0.25, 0.3) is 0 Å². The molecule has 1 aliphatic heterocycles. The molecule has 3 aromatic heterocycles. The fourth-order valence-corrected chi connectivity index (χ4v) is 7.19. The van der Waals surface area contributed by atoms with Crippen LogP contribution >= 0.6 is 11.6 Å². The number of piperidine rings is 1. The van der Waals surface area contributed by atoms with Crippen molar-refractivity contribution in [2.45, 2.75) is 52.2 Å². The van der Waals surface area contributed by atoms with E-state index in [1.165, 1.54) is 23.0 Å². The Hall–Kier alpha value is -5.02. The minimum Gasteiger partial charge on any atom is -0.444 e. The van der Waals surface area contributed by atoms with Gasteiger partial charge in [-0.25, -0.2) is 36.9 Å². The molecule has 51 heavy (non-hydrogen) atoms. The summed E-state index contributed by atoms with van der Waals surface area (Å²) < 4.78 is 56.2. The molecule has 1 atom stereocenters. The van der Waals surface area contributed by atoms with E-state index in [-0.39, 0.29) is 39.9 Å². The lowest BCUT2D eigenvalue weighted by Gasteiger charge is -2.34. The van der Waals surface area contributed by atoms with Crippen LogP contribution in [0.25, 0.3) is 22.0 Å². The highest BCUT2D eigenvalue weighted by atomic mass is 35.5. The number of halogens is 2. The first kappa shape index (κ1) is 35.8. The van der Waals surface area contributed by atoms with Crippen molar-refractivity contribution >= 4 is 55.9 Å². The van der Waals surface area contributed by atoms with E-state index < -0.39 is 21.4 Å². The second kappa shape index (κ2) is 13.9. The number of aromatic nitrogens is 5. The Morgan fingerprint density at radius 2 is 1.86 bits per heavy atom. The van der Waals surface area contributed by atoms with Crippen molar-refractivity contribution in [1.82, 2.24) is 29.6 Å². The summed E-state index contributed by atoms with van der Waals surface area (Å²) in [5, 5.41) is 8.28. The number of nitrogens with zero attached hydrogens (tertiary/aromatic N) is 7. The third kappa shape index (κ3) is 7.84. The number of likely N-dealkylation sites (tertiary alicyclic amines) is 1. The number of anilines is 3. The highest BCUT2D eigenvalue weighted by Crippen LogP contribution is 2.44. The zero-order valence-corrected chi connectivity index (χ0v) is 30.6. The number of amides is 1. The van der Waals surface area contributed by atoms with Crippen LogP contribution in [0.3, 0.4) is 0 Å². The maximum atomic E-state index is 15.7. The number of carbonyl (C=O) groups is 1. The van der Waals surface area contributed by atoms with Gasteiger partial charge in [0, 0.05) is 55.5 Å². The van der Waals surface area contributed by atoms with Crippen LogP contribution in [-0.4, -0.2) is 75.1 Å². The maximum Gasteiger partial charge on any atom is 0.410 e. The van der Waals surface area contributed by atoms with Crippen LogP contribution in [0.1, 0.15) is 39.2 Å². The molecular formula is C35H38ClFN8O5S. The largest absolute Gasteiger partial charge is 0.444 e. The zero-order valence-electron chi connectivity index (χ0n) is 29.0. The van der Waals surface area contributed by atoms with Crippen molar-refractivity contribution < 1.29 is 27.1 Å². The van der Waals surface area contributed by atoms with E-state index in [0.717, 1.165) is 23.4 Å². The molecule has 0 saturated carbocycles. The summed E-state index contributed by atoms with van der Waals surface area (Å²) in [6.45, 7) is 8.38. The average Bonchev–Trinajstić information content (AvgIpc) is 3.39. The van der Waals surface area contributed by atoms with E-state index in [1.807, 2.05) is 27.7 Å². The molecule has 13 nitrogen and oxygen atoms in total. The Labute approximate surface area is 300 Å². The summed E-state index contributed by atoms with van der Waals surface area (Å²) in [6.07, 6.45) is 6.84. The molecule has 0 aliphatic carbocycles. The molecule has 1 N–H and O–H groups in total. The van der Waals surface area contributed by atoms with E-state index in [0.29, 0.717) is 47.0 Å². The van der Waals surface area contributed by atoms with Gasteiger partial charge < -0.3 is 19.7 Å². The number of carbonyl (C=O) groups excluding carboxylic acids is 1. The molecule has 6 rings (SSSR count). The van der Waals surface area contributed by atoms with Crippen molar-refractivity contribution in [3.8, 4) is 22.9 Å². The quantitative estimate of drug-likeness (QED) is 0.173. The molecule has 268 valence electrons. The monoisotopic (exact) mass is 736 g/mol. The summed E-state index contributed by atoms with van der Waals surface area (Å²) in [5.74, 6) is -0.0108. The number of benzene rings is 2.